The predicted octanol–water partition coefficient (Wildman–Crippen LogP) is 18.5. The Hall–Kier alpha value is -3.86. The second-order valence-corrected chi connectivity index (χ2v) is 17.9. The molecule has 5 aromatic rings. The highest BCUT2D eigenvalue weighted by molar-refractivity contribution is 9.11. The highest BCUT2D eigenvalue weighted by atomic mass is 79.9. The molecule has 62 heavy (non-hydrogen) atoms. The largest absolute Gasteiger partial charge is 0.416 e. The molecule has 0 bridgehead atoms. The van der Waals surface area contributed by atoms with Gasteiger partial charge in [0.05, 0.1) is 23.0 Å². The van der Waals surface area contributed by atoms with Gasteiger partial charge in [0.2, 0.25) is 0 Å². The number of halogens is 16. The Morgan fingerprint density at radius 3 is 0.919 bits per heavy atom. The van der Waals surface area contributed by atoms with E-state index in [1.54, 1.807) is 36.4 Å². The first-order valence-electron chi connectivity index (χ1n) is 18.3. The van der Waals surface area contributed by atoms with Crippen LogP contribution < -0.4 is 0 Å². The average molecular weight is 1130 g/mol. The molecule has 2 aliphatic rings. The van der Waals surface area contributed by atoms with E-state index < -0.39 is 47.7 Å². The number of allylic oxidation sites excluding steroid dienone is 8. The fraction of sp³-hybridized carbons (Fsp3) is 0.174. The van der Waals surface area contributed by atoms with Crippen molar-refractivity contribution in [1.82, 2.24) is 0 Å². The molecular formula is C46H26Br4F12. The second-order valence-electron chi connectivity index (χ2n) is 14.5. The van der Waals surface area contributed by atoms with Crippen molar-refractivity contribution in [3.63, 3.8) is 0 Å². The van der Waals surface area contributed by atoms with Crippen LogP contribution in [0.1, 0.15) is 35.1 Å². The van der Waals surface area contributed by atoms with E-state index in [1.165, 1.54) is 48.6 Å². The van der Waals surface area contributed by atoms with Crippen molar-refractivity contribution in [3.05, 3.63) is 162 Å². The van der Waals surface area contributed by atoms with Crippen LogP contribution in [0.5, 0.6) is 0 Å². The third kappa shape index (κ3) is 9.78. The summed E-state index contributed by atoms with van der Waals surface area (Å²) in [6, 6.07) is 19.3. The normalized spacial score (nSPS) is 17.3. The highest BCUT2D eigenvalue weighted by Gasteiger charge is 2.39. The number of hydrogen-bond acceptors (Lipinski definition) is 0. The van der Waals surface area contributed by atoms with Gasteiger partial charge in [0.25, 0.3) is 0 Å². The van der Waals surface area contributed by atoms with E-state index in [4.69, 9.17) is 0 Å². The maximum atomic E-state index is 13.6. The van der Waals surface area contributed by atoms with E-state index in [2.05, 4.69) is 63.7 Å². The van der Waals surface area contributed by atoms with Gasteiger partial charge in [-0.1, -0.05) is 124 Å². The maximum Gasteiger partial charge on any atom is 0.416 e. The molecule has 2 atom stereocenters. The van der Waals surface area contributed by atoms with Gasteiger partial charge in [-0.05, 0) is 140 Å². The molecule has 16 heteroatoms. The fourth-order valence-corrected chi connectivity index (χ4v) is 9.51. The topological polar surface area (TPSA) is 0 Å². The molecule has 2 unspecified atom stereocenters. The monoisotopic (exact) mass is 1120 g/mol. The zero-order chi connectivity index (χ0) is 45.1. The van der Waals surface area contributed by atoms with Crippen LogP contribution >= 0.6 is 63.7 Å². The van der Waals surface area contributed by atoms with Crippen molar-refractivity contribution in [1.29, 1.82) is 0 Å². The van der Waals surface area contributed by atoms with E-state index in [0.717, 1.165) is 36.4 Å². The summed E-state index contributed by atoms with van der Waals surface area (Å²) in [6.07, 6.45) is -11.1. The van der Waals surface area contributed by atoms with E-state index in [-0.39, 0.29) is 12.8 Å². The first-order chi connectivity index (χ1) is 28.9. The molecule has 0 saturated carbocycles. The van der Waals surface area contributed by atoms with E-state index in [0.29, 0.717) is 84.7 Å². The van der Waals surface area contributed by atoms with Crippen molar-refractivity contribution in [2.24, 2.45) is 11.8 Å². The number of hydrogen-bond donors (Lipinski definition) is 0. The molecule has 5 aromatic carbocycles. The van der Waals surface area contributed by atoms with Gasteiger partial charge in [0.1, 0.15) is 0 Å². The Balaban J connectivity index is 1.34. The molecule has 0 radical (unpaired) electrons. The van der Waals surface area contributed by atoms with E-state index in [1.807, 2.05) is 0 Å². The Kier molecular flexibility index (Phi) is 12.8. The molecular weight excluding hydrogens is 1100 g/mol. The molecule has 0 amide bonds. The van der Waals surface area contributed by atoms with Crippen LogP contribution in [0, 0.1) is 11.8 Å². The summed E-state index contributed by atoms with van der Waals surface area (Å²) in [5.74, 6) is -3.42. The van der Waals surface area contributed by atoms with Crippen molar-refractivity contribution in [2.75, 3.05) is 0 Å². The van der Waals surface area contributed by atoms with Gasteiger partial charge in [-0.25, -0.2) is 0 Å². The molecule has 322 valence electrons. The summed E-state index contributed by atoms with van der Waals surface area (Å²) in [5.41, 5.74) is 4.05. The molecule has 0 N–H and O–H groups in total. The van der Waals surface area contributed by atoms with Crippen LogP contribution in [0.4, 0.5) is 52.7 Å². The highest BCUT2D eigenvalue weighted by Crippen LogP contribution is 2.48. The van der Waals surface area contributed by atoms with E-state index in [9.17, 15) is 52.7 Å². The van der Waals surface area contributed by atoms with Crippen LogP contribution in [0.2, 0.25) is 0 Å². The van der Waals surface area contributed by atoms with Gasteiger partial charge in [-0.2, -0.15) is 52.7 Å². The van der Waals surface area contributed by atoms with Crippen molar-refractivity contribution in [3.8, 4) is 44.5 Å². The third-order valence-corrected chi connectivity index (χ3v) is 13.2. The summed E-state index contributed by atoms with van der Waals surface area (Å²) < 4.78 is 164. The molecule has 7 rings (SSSR count). The van der Waals surface area contributed by atoms with Crippen LogP contribution in [0.3, 0.4) is 0 Å². The molecule has 0 saturated heterocycles. The van der Waals surface area contributed by atoms with Gasteiger partial charge in [0.15, 0.2) is 0 Å². The SMILES string of the molecule is FC(F)(F)c1ccc(-c2cc(Br)c(-c3cc(Br)c(-c4cc(C5=CCC(C(F)(F)F)C=C5)c(-c5ccc(C(F)(F)F)cc5)cc4Br)cc3Br)cc2C2=CCC(C(F)(F)F)C=C2)cc1. The summed E-state index contributed by atoms with van der Waals surface area (Å²) in [7, 11) is 0. The average Bonchev–Trinajstić information content (AvgIpc) is 3.20. The summed E-state index contributed by atoms with van der Waals surface area (Å²) in [6.45, 7) is 0. The van der Waals surface area contributed by atoms with Crippen molar-refractivity contribution < 1.29 is 52.7 Å². The Labute approximate surface area is 380 Å². The van der Waals surface area contributed by atoms with Crippen molar-refractivity contribution in [2.45, 2.75) is 37.5 Å². The predicted molar refractivity (Wildman–Crippen MR) is 232 cm³/mol. The third-order valence-electron chi connectivity index (χ3n) is 10.6. The number of alkyl halides is 12. The Bertz CT molecular complexity index is 2480. The first-order valence-corrected chi connectivity index (χ1v) is 21.5. The Morgan fingerprint density at radius 1 is 0.371 bits per heavy atom. The lowest BCUT2D eigenvalue weighted by molar-refractivity contribution is -0.161. The van der Waals surface area contributed by atoms with Crippen molar-refractivity contribution >= 4 is 74.9 Å². The minimum atomic E-state index is -4.59. The Morgan fingerprint density at radius 2 is 0.661 bits per heavy atom. The molecule has 0 aliphatic heterocycles. The molecule has 0 aromatic heterocycles. The number of rotatable bonds is 6. The molecule has 0 heterocycles. The standard InChI is InChI=1S/C46H26Br4F12/c47-39-19-33(25-5-13-29(14-6-25)45(57,58)59)31(23-1-9-27(10-2-23)43(51,52)53)17-35(39)37-21-42(50)38(22-41(37)49)36-18-32(24-3-11-28(12-4-24)44(54,55)56)34(20-40(36)48)26-7-15-30(16-8-26)46(60,61)62/h1-9,11,13-22,27-28H,10,12H2. The maximum absolute atomic E-state index is 13.6. The molecule has 0 fully saturated rings. The van der Waals surface area contributed by atoms with Gasteiger partial charge in [0, 0.05) is 17.9 Å². The quantitative estimate of drug-likeness (QED) is 0.149. The lowest BCUT2D eigenvalue weighted by atomic mass is 9.86. The lowest BCUT2D eigenvalue weighted by Gasteiger charge is -2.23. The van der Waals surface area contributed by atoms with Gasteiger partial charge in [-0.15, -0.1) is 0 Å². The van der Waals surface area contributed by atoms with Gasteiger partial charge in [-0.3, -0.25) is 0 Å². The van der Waals surface area contributed by atoms with Crippen LogP contribution in [-0.2, 0) is 12.4 Å². The number of benzene rings is 5. The van der Waals surface area contributed by atoms with Crippen LogP contribution in [0.25, 0.3) is 55.7 Å². The molecule has 2 aliphatic carbocycles. The second kappa shape index (κ2) is 17.3. The summed E-state index contributed by atoms with van der Waals surface area (Å²) in [4.78, 5) is 0. The zero-order valence-corrected chi connectivity index (χ0v) is 37.5. The van der Waals surface area contributed by atoms with Crippen LogP contribution in [0.15, 0.2) is 139 Å². The lowest BCUT2D eigenvalue weighted by Crippen LogP contribution is -2.21. The fourth-order valence-electron chi connectivity index (χ4n) is 7.28. The van der Waals surface area contributed by atoms with Gasteiger partial charge < -0.3 is 0 Å². The summed E-state index contributed by atoms with van der Waals surface area (Å²) >= 11 is 14.6. The summed E-state index contributed by atoms with van der Waals surface area (Å²) in [5, 5.41) is 0. The first kappa shape index (κ1) is 46.1. The smallest absolute Gasteiger partial charge is 0.170 e. The minimum absolute atomic E-state index is 0.346. The van der Waals surface area contributed by atoms with E-state index >= 15 is 0 Å². The van der Waals surface area contributed by atoms with Crippen LogP contribution in [-0.4, -0.2) is 12.4 Å². The molecule has 0 spiro atoms. The van der Waals surface area contributed by atoms with Gasteiger partial charge >= 0.3 is 24.7 Å². The molecule has 0 nitrogen and oxygen atoms in total. The minimum Gasteiger partial charge on any atom is -0.170 e. The zero-order valence-electron chi connectivity index (χ0n) is 31.2.